The van der Waals surface area contributed by atoms with E-state index in [-0.39, 0.29) is 0 Å². The van der Waals surface area contributed by atoms with Gasteiger partial charge in [-0.2, -0.15) is 10.2 Å². The van der Waals surface area contributed by atoms with Gasteiger partial charge >= 0.3 is 0 Å². The Morgan fingerprint density at radius 1 is 1.32 bits per heavy atom. The Hall–Kier alpha value is -1.30. The molecule has 0 aromatic carbocycles. The van der Waals surface area contributed by atoms with E-state index in [1.165, 1.54) is 0 Å². The highest BCUT2D eigenvalue weighted by atomic mass is 15.2. The van der Waals surface area contributed by atoms with Crippen LogP contribution in [0.2, 0.25) is 0 Å². The fraction of sp³-hybridized carbons (Fsp3) is 0.846. The number of rotatable bonds is 6. The normalized spacial score (nSPS) is 17.8. The maximum absolute atomic E-state index is 5.46. The van der Waals surface area contributed by atoms with E-state index in [1.807, 2.05) is 34.6 Å². The van der Waals surface area contributed by atoms with E-state index in [4.69, 9.17) is 5.73 Å². The van der Waals surface area contributed by atoms with Gasteiger partial charge in [0.15, 0.2) is 0 Å². The number of aliphatic imine (C=N–C) groups is 2. The molecule has 1 heterocycles. The van der Waals surface area contributed by atoms with Crippen LogP contribution in [0.1, 0.15) is 34.6 Å². The van der Waals surface area contributed by atoms with Gasteiger partial charge in [0.2, 0.25) is 0 Å². The first-order chi connectivity index (χ1) is 8.79. The summed E-state index contributed by atoms with van der Waals surface area (Å²) in [4.78, 5) is 8.81. The minimum atomic E-state index is -0.415. The molecule has 0 saturated carbocycles. The van der Waals surface area contributed by atoms with Crippen LogP contribution in [0.5, 0.6) is 0 Å². The third-order valence-corrected chi connectivity index (χ3v) is 3.17. The predicted molar refractivity (Wildman–Crippen MR) is 80.3 cm³/mol. The second kappa shape index (κ2) is 6.23. The standard InChI is InChI=1S/C13H26N6/c1-10(15-7-6-14)12(2,3)18-19-13(4,5)11-16-8-9-17-11/h6-9,14H2,1-5H3,(H,16,17). The maximum Gasteiger partial charge on any atom is 0.133 e. The molecule has 6 heteroatoms. The van der Waals surface area contributed by atoms with Gasteiger partial charge in [0.1, 0.15) is 16.9 Å². The van der Waals surface area contributed by atoms with Gasteiger partial charge in [-0.1, -0.05) is 0 Å². The molecule has 0 spiro atoms. The van der Waals surface area contributed by atoms with Crippen molar-refractivity contribution in [1.82, 2.24) is 5.32 Å². The zero-order valence-electron chi connectivity index (χ0n) is 12.7. The van der Waals surface area contributed by atoms with Crippen molar-refractivity contribution in [1.29, 1.82) is 0 Å². The SMILES string of the molecule is CC(=NCCN)C(C)(C)N=NC(C)(C)C1=NCCN1. The average molecular weight is 266 g/mol. The van der Waals surface area contributed by atoms with E-state index in [2.05, 4.69) is 25.5 Å². The summed E-state index contributed by atoms with van der Waals surface area (Å²) >= 11 is 0. The smallest absolute Gasteiger partial charge is 0.133 e. The molecule has 108 valence electrons. The third kappa shape index (κ3) is 4.38. The minimum Gasteiger partial charge on any atom is -0.370 e. The van der Waals surface area contributed by atoms with Crippen molar-refractivity contribution < 1.29 is 0 Å². The summed E-state index contributed by atoms with van der Waals surface area (Å²) in [6.45, 7) is 12.9. The Morgan fingerprint density at radius 2 is 2.00 bits per heavy atom. The van der Waals surface area contributed by atoms with Crippen LogP contribution in [0.25, 0.3) is 0 Å². The van der Waals surface area contributed by atoms with E-state index < -0.39 is 11.1 Å². The number of amidine groups is 1. The first-order valence-electron chi connectivity index (χ1n) is 6.74. The van der Waals surface area contributed by atoms with Crippen molar-refractivity contribution in [2.75, 3.05) is 26.2 Å². The fourth-order valence-corrected chi connectivity index (χ4v) is 1.60. The number of azo groups is 1. The molecule has 0 aromatic rings. The van der Waals surface area contributed by atoms with E-state index >= 15 is 0 Å². The Kier molecular flexibility index (Phi) is 5.17. The average Bonchev–Trinajstić information content (AvgIpc) is 2.88. The molecule has 6 nitrogen and oxygen atoms in total. The molecule has 1 rings (SSSR count). The molecule has 0 amide bonds. The van der Waals surface area contributed by atoms with Crippen LogP contribution >= 0.6 is 0 Å². The van der Waals surface area contributed by atoms with Crippen LogP contribution in [0.15, 0.2) is 20.2 Å². The van der Waals surface area contributed by atoms with Crippen molar-refractivity contribution in [2.24, 2.45) is 25.9 Å². The van der Waals surface area contributed by atoms with Crippen molar-refractivity contribution in [3.8, 4) is 0 Å². The molecule has 0 unspecified atom stereocenters. The van der Waals surface area contributed by atoms with E-state index in [1.54, 1.807) is 0 Å². The predicted octanol–water partition coefficient (Wildman–Crippen LogP) is 1.42. The number of nitrogens with zero attached hydrogens (tertiary/aromatic N) is 4. The van der Waals surface area contributed by atoms with E-state index in [9.17, 15) is 0 Å². The molecule has 0 radical (unpaired) electrons. The second-order valence-electron chi connectivity index (χ2n) is 5.73. The topological polar surface area (TPSA) is 87.5 Å². The minimum absolute atomic E-state index is 0.411. The highest BCUT2D eigenvalue weighted by Crippen LogP contribution is 2.19. The molecule has 1 aliphatic heterocycles. The van der Waals surface area contributed by atoms with Crippen LogP contribution in [0.4, 0.5) is 0 Å². The van der Waals surface area contributed by atoms with Crippen LogP contribution in [0.3, 0.4) is 0 Å². The van der Waals surface area contributed by atoms with Crippen molar-refractivity contribution in [3.05, 3.63) is 0 Å². The quantitative estimate of drug-likeness (QED) is 0.562. The zero-order chi connectivity index (χ0) is 14.5. The molecule has 0 bridgehead atoms. The third-order valence-electron chi connectivity index (χ3n) is 3.17. The monoisotopic (exact) mass is 266 g/mol. The highest BCUT2D eigenvalue weighted by Gasteiger charge is 2.29. The van der Waals surface area contributed by atoms with Crippen LogP contribution in [-0.2, 0) is 0 Å². The largest absolute Gasteiger partial charge is 0.370 e. The molecule has 0 aliphatic carbocycles. The van der Waals surface area contributed by atoms with Gasteiger partial charge in [0.05, 0.1) is 13.1 Å². The van der Waals surface area contributed by atoms with Crippen molar-refractivity contribution in [2.45, 2.75) is 45.7 Å². The van der Waals surface area contributed by atoms with Crippen molar-refractivity contribution in [3.63, 3.8) is 0 Å². The lowest BCUT2D eigenvalue weighted by Crippen LogP contribution is -2.39. The number of hydrogen-bond donors (Lipinski definition) is 2. The van der Waals surface area contributed by atoms with Gasteiger partial charge in [0.25, 0.3) is 0 Å². The van der Waals surface area contributed by atoms with Gasteiger partial charge in [-0.05, 0) is 34.6 Å². The fourth-order valence-electron chi connectivity index (χ4n) is 1.60. The second-order valence-corrected chi connectivity index (χ2v) is 5.73. The highest BCUT2D eigenvalue weighted by molar-refractivity contribution is 5.92. The molecule has 0 saturated heterocycles. The number of nitrogens with two attached hydrogens (primary N) is 1. The van der Waals surface area contributed by atoms with E-state index in [0.717, 1.165) is 24.6 Å². The molecule has 19 heavy (non-hydrogen) atoms. The summed E-state index contributed by atoms with van der Waals surface area (Å²) in [5.74, 6) is 0.906. The molecule has 3 N–H and O–H groups in total. The number of hydrogen-bond acceptors (Lipinski definition) is 6. The lowest BCUT2D eigenvalue weighted by Gasteiger charge is -2.23. The Morgan fingerprint density at radius 3 is 2.53 bits per heavy atom. The van der Waals surface area contributed by atoms with Crippen LogP contribution in [-0.4, -0.2) is 48.8 Å². The summed E-state index contributed by atoms with van der Waals surface area (Å²) in [5.41, 5.74) is 5.58. The van der Waals surface area contributed by atoms with E-state index in [0.29, 0.717) is 13.1 Å². The Balaban J connectivity index is 2.78. The summed E-state index contributed by atoms with van der Waals surface area (Å²) in [6.07, 6.45) is 0. The van der Waals surface area contributed by atoms with Gasteiger partial charge in [-0.15, -0.1) is 0 Å². The van der Waals surface area contributed by atoms with Gasteiger partial charge in [-0.3, -0.25) is 9.98 Å². The Bertz CT molecular complexity index is 392. The molecule has 1 aliphatic rings. The van der Waals surface area contributed by atoms with Gasteiger partial charge < -0.3 is 11.1 Å². The molecular formula is C13H26N6. The van der Waals surface area contributed by atoms with Crippen LogP contribution in [0, 0.1) is 0 Å². The molecule has 0 atom stereocenters. The van der Waals surface area contributed by atoms with Gasteiger partial charge in [0, 0.05) is 18.8 Å². The maximum atomic E-state index is 5.46. The first-order valence-corrected chi connectivity index (χ1v) is 6.74. The zero-order valence-corrected chi connectivity index (χ0v) is 12.7. The summed E-state index contributed by atoms with van der Waals surface area (Å²) < 4.78 is 0. The molecule has 0 fully saturated rings. The summed E-state index contributed by atoms with van der Waals surface area (Å²) in [5, 5.41) is 12.2. The lowest BCUT2D eigenvalue weighted by atomic mass is 10.0. The summed E-state index contributed by atoms with van der Waals surface area (Å²) in [7, 11) is 0. The lowest BCUT2D eigenvalue weighted by molar-refractivity contribution is 0.556. The molecule has 0 aromatic heterocycles. The Labute approximate surface area is 115 Å². The summed E-state index contributed by atoms with van der Waals surface area (Å²) in [6, 6.07) is 0. The van der Waals surface area contributed by atoms with Crippen LogP contribution < -0.4 is 11.1 Å². The van der Waals surface area contributed by atoms with Crippen molar-refractivity contribution >= 4 is 11.5 Å². The first kappa shape index (κ1) is 15.8. The number of nitrogens with one attached hydrogen (secondary N) is 1. The van der Waals surface area contributed by atoms with Gasteiger partial charge in [-0.25, -0.2) is 0 Å². The molecular weight excluding hydrogens is 240 g/mol.